The number of piperidine rings is 1. The zero-order chi connectivity index (χ0) is 23.8. The van der Waals surface area contributed by atoms with E-state index in [-0.39, 0.29) is 36.4 Å². The Balaban J connectivity index is 1.41. The van der Waals surface area contributed by atoms with Crippen LogP contribution in [0.2, 0.25) is 0 Å². The number of carbonyl (C=O) groups excluding carboxylic acids is 2. The van der Waals surface area contributed by atoms with Gasteiger partial charge in [-0.3, -0.25) is 9.59 Å². The summed E-state index contributed by atoms with van der Waals surface area (Å²) in [5.74, 6) is -2.15. The summed E-state index contributed by atoms with van der Waals surface area (Å²) in [5.41, 5.74) is 1.40. The molecule has 0 spiro atoms. The molecule has 0 unspecified atom stereocenters. The molecule has 8 heteroatoms. The largest absolute Gasteiger partial charge is 0.480 e. The van der Waals surface area contributed by atoms with Gasteiger partial charge in [0.2, 0.25) is 11.8 Å². The van der Waals surface area contributed by atoms with Gasteiger partial charge in [0.25, 0.3) is 0 Å². The van der Waals surface area contributed by atoms with Crippen LogP contribution in [0.5, 0.6) is 0 Å². The average Bonchev–Trinajstić information content (AvgIpc) is 2.79. The molecule has 2 N–H and O–H groups in total. The Labute approximate surface area is 191 Å². The minimum absolute atomic E-state index is 0.00685. The number of amides is 2. The zero-order valence-corrected chi connectivity index (χ0v) is 18.3. The average molecular weight is 459 g/mol. The molecule has 1 aliphatic heterocycles. The van der Waals surface area contributed by atoms with E-state index in [2.05, 4.69) is 5.32 Å². The summed E-state index contributed by atoms with van der Waals surface area (Å²) in [4.78, 5) is 38.2. The Kier molecular flexibility index (Phi) is 8.52. The van der Waals surface area contributed by atoms with Crippen molar-refractivity contribution < 1.29 is 28.3 Å². The third-order valence-electron chi connectivity index (χ3n) is 5.94. The molecule has 2 aromatic rings. The van der Waals surface area contributed by atoms with Crippen LogP contribution in [-0.4, -0.2) is 46.9 Å². The number of carbonyl (C=O) groups is 3. The number of hydrogen-bond donors (Lipinski definition) is 2. The fourth-order valence-corrected chi connectivity index (χ4v) is 4.06. The van der Waals surface area contributed by atoms with Crippen molar-refractivity contribution in [3.8, 4) is 0 Å². The van der Waals surface area contributed by atoms with Crippen LogP contribution in [0.1, 0.15) is 36.8 Å². The number of rotatable bonds is 9. The summed E-state index contributed by atoms with van der Waals surface area (Å²) < 4.78 is 26.3. The molecule has 1 fully saturated rings. The number of carboxylic acid groups (broad SMARTS) is 1. The van der Waals surface area contributed by atoms with E-state index in [0.29, 0.717) is 44.3 Å². The fourth-order valence-electron chi connectivity index (χ4n) is 4.06. The molecule has 0 aliphatic carbocycles. The number of aryl methyl sites for hydroxylation is 1. The van der Waals surface area contributed by atoms with E-state index in [9.17, 15) is 28.3 Å². The van der Waals surface area contributed by atoms with E-state index < -0.39 is 17.8 Å². The monoisotopic (exact) mass is 458 g/mol. The Morgan fingerprint density at radius 1 is 1.00 bits per heavy atom. The lowest BCUT2D eigenvalue weighted by molar-refractivity contribution is -0.142. The van der Waals surface area contributed by atoms with Gasteiger partial charge in [-0.15, -0.1) is 0 Å². The third kappa shape index (κ3) is 7.66. The maximum absolute atomic E-state index is 13.3. The number of likely N-dealkylation sites (tertiary alicyclic amines) is 1. The lowest BCUT2D eigenvalue weighted by Gasteiger charge is -2.32. The second-order valence-corrected chi connectivity index (χ2v) is 8.45. The van der Waals surface area contributed by atoms with Crippen molar-refractivity contribution in [3.05, 3.63) is 71.3 Å². The molecule has 0 radical (unpaired) electrons. The Morgan fingerprint density at radius 2 is 1.70 bits per heavy atom. The maximum atomic E-state index is 13.3. The van der Waals surface area contributed by atoms with Gasteiger partial charge in [0.05, 0.1) is 0 Å². The summed E-state index contributed by atoms with van der Waals surface area (Å²) in [5, 5.41) is 12.0. The normalized spacial score (nSPS) is 15.2. The molecular weight excluding hydrogens is 430 g/mol. The van der Waals surface area contributed by atoms with Crippen LogP contribution in [0.3, 0.4) is 0 Å². The van der Waals surface area contributed by atoms with Gasteiger partial charge in [-0.2, -0.15) is 0 Å². The number of hydrogen-bond acceptors (Lipinski definition) is 3. The highest BCUT2D eigenvalue weighted by molar-refractivity contribution is 5.84. The highest BCUT2D eigenvalue weighted by atomic mass is 19.1. The Hall–Kier alpha value is -3.29. The molecule has 0 saturated carbocycles. The molecule has 1 heterocycles. The quantitative estimate of drug-likeness (QED) is 0.604. The molecule has 0 aromatic heterocycles. The number of benzene rings is 2. The highest BCUT2D eigenvalue weighted by Gasteiger charge is 2.26. The molecule has 176 valence electrons. The molecule has 33 heavy (non-hydrogen) atoms. The van der Waals surface area contributed by atoms with Gasteiger partial charge in [-0.25, -0.2) is 13.6 Å². The van der Waals surface area contributed by atoms with E-state index in [0.717, 1.165) is 5.56 Å². The first kappa shape index (κ1) is 24.4. The van der Waals surface area contributed by atoms with Gasteiger partial charge >= 0.3 is 5.97 Å². The van der Waals surface area contributed by atoms with Gasteiger partial charge in [0, 0.05) is 32.4 Å². The molecule has 1 aliphatic rings. The second kappa shape index (κ2) is 11.5. The first-order valence-corrected chi connectivity index (χ1v) is 11.1. The molecule has 2 amide bonds. The smallest absolute Gasteiger partial charge is 0.326 e. The number of halogens is 2. The summed E-state index contributed by atoms with van der Waals surface area (Å²) in [6.07, 6.45) is 2.36. The predicted molar refractivity (Wildman–Crippen MR) is 118 cm³/mol. The summed E-state index contributed by atoms with van der Waals surface area (Å²) >= 11 is 0. The first-order chi connectivity index (χ1) is 15.8. The van der Waals surface area contributed by atoms with Gasteiger partial charge in [0.1, 0.15) is 17.7 Å². The van der Waals surface area contributed by atoms with Crippen LogP contribution in [-0.2, 0) is 27.2 Å². The lowest BCUT2D eigenvalue weighted by Crippen LogP contribution is -2.44. The van der Waals surface area contributed by atoms with Crippen LogP contribution in [0.25, 0.3) is 0 Å². The summed E-state index contributed by atoms with van der Waals surface area (Å²) in [6.45, 7) is 1.08. The maximum Gasteiger partial charge on any atom is 0.326 e. The molecule has 3 rings (SSSR count). The van der Waals surface area contributed by atoms with E-state index in [1.807, 2.05) is 0 Å². The minimum Gasteiger partial charge on any atom is -0.480 e. The fraction of sp³-hybridized carbons (Fsp3) is 0.400. The van der Waals surface area contributed by atoms with Crippen molar-refractivity contribution in [2.75, 3.05) is 13.1 Å². The Bertz CT molecular complexity index is 973. The molecule has 2 aromatic carbocycles. The topological polar surface area (TPSA) is 86.7 Å². The van der Waals surface area contributed by atoms with E-state index in [4.69, 9.17) is 0 Å². The third-order valence-corrected chi connectivity index (χ3v) is 5.94. The summed E-state index contributed by atoms with van der Waals surface area (Å²) in [7, 11) is 0. The van der Waals surface area contributed by atoms with Gasteiger partial charge in [-0.1, -0.05) is 24.3 Å². The van der Waals surface area contributed by atoms with Crippen molar-refractivity contribution >= 4 is 17.8 Å². The van der Waals surface area contributed by atoms with Crippen molar-refractivity contribution in [1.82, 2.24) is 10.2 Å². The van der Waals surface area contributed by atoms with Crippen molar-refractivity contribution in [3.63, 3.8) is 0 Å². The van der Waals surface area contributed by atoms with Crippen LogP contribution in [0.15, 0.2) is 48.5 Å². The van der Waals surface area contributed by atoms with Crippen molar-refractivity contribution in [2.24, 2.45) is 5.92 Å². The standard InChI is InChI=1S/C25H28F2N2O4/c26-20-7-4-18(5-8-20)15-22(25(32)33)28-23(30)16-19-10-12-29(13-11-19)24(31)9-6-17-2-1-3-21(27)14-17/h1-5,7-8,14,19,22H,6,9-13,15-16H2,(H,28,30)(H,32,33)/t22-/m0/s1. The van der Waals surface area contributed by atoms with Crippen LogP contribution in [0, 0.1) is 17.6 Å². The molecule has 1 atom stereocenters. The van der Waals surface area contributed by atoms with Crippen molar-refractivity contribution in [2.45, 2.75) is 44.6 Å². The molecular formula is C25H28F2N2O4. The van der Waals surface area contributed by atoms with E-state index in [1.54, 1.807) is 17.0 Å². The SMILES string of the molecule is O=C(CC1CCN(C(=O)CCc2cccc(F)c2)CC1)N[C@@H](Cc1ccc(F)cc1)C(=O)O. The number of carboxylic acids is 1. The lowest BCUT2D eigenvalue weighted by atomic mass is 9.92. The van der Waals surface area contributed by atoms with Gasteiger partial charge in [-0.05, 0) is 60.6 Å². The van der Waals surface area contributed by atoms with Gasteiger partial charge in [0.15, 0.2) is 0 Å². The number of aliphatic carboxylic acids is 1. The van der Waals surface area contributed by atoms with Crippen LogP contribution >= 0.6 is 0 Å². The zero-order valence-electron chi connectivity index (χ0n) is 18.3. The van der Waals surface area contributed by atoms with Crippen LogP contribution < -0.4 is 5.32 Å². The Morgan fingerprint density at radius 3 is 2.33 bits per heavy atom. The van der Waals surface area contributed by atoms with Gasteiger partial charge < -0.3 is 15.3 Å². The number of nitrogens with zero attached hydrogens (tertiary/aromatic N) is 1. The van der Waals surface area contributed by atoms with E-state index in [1.165, 1.54) is 36.4 Å². The highest BCUT2D eigenvalue weighted by Crippen LogP contribution is 2.21. The minimum atomic E-state index is -1.15. The molecule has 0 bridgehead atoms. The van der Waals surface area contributed by atoms with Crippen molar-refractivity contribution in [1.29, 1.82) is 0 Å². The number of nitrogens with one attached hydrogen (secondary N) is 1. The first-order valence-electron chi connectivity index (χ1n) is 11.1. The molecule has 1 saturated heterocycles. The summed E-state index contributed by atoms with van der Waals surface area (Å²) in [6, 6.07) is 10.6. The molecule has 6 nitrogen and oxygen atoms in total. The second-order valence-electron chi connectivity index (χ2n) is 8.45. The predicted octanol–water partition coefficient (Wildman–Crippen LogP) is 3.34. The van der Waals surface area contributed by atoms with E-state index >= 15 is 0 Å². The van der Waals surface area contributed by atoms with Crippen LogP contribution in [0.4, 0.5) is 8.78 Å².